The van der Waals surface area contributed by atoms with Crippen molar-refractivity contribution in [1.29, 1.82) is 0 Å². The van der Waals surface area contributed by atoms with E-state index in [4.69, 9.17) is 5.11 Å². The zero-order valence-corrected chi connectivity index (χ0v) is 16.1. The first kappa shape index (κ1) is 20.6. The Morgan fingerprint density at radius 1 is 1.11 bits per heavy atom. The highest BCUT2D eigenvalue weighted by molar-refractivity contribution is 7.09. The van der Waals surface area contributed by atoms with Crippen LogP contribution in [0.15, 0.2) is 41.8 Å². The molecule has 0 fully saturated rings. The first-order valence-corrected chi connectivity index (χ1v) is 9.73. The van der Waals surface area contributed by atoms with Gasteiger partial charge in [-0.1, -0.05) is 12.1 Å². The topological polar surface area (TPSA) is 86.7 Å². The van der Waals surface area contributed by atoms with Crippen LogP contribution in [0, 0.1) is 0 Å². The molecule has 0 aliphatic carbocycles. The standard InChI is InChI=1S/C20H24N2O4S/c1-22(12-4-11-19(24)25)20(26)15-6-2-7-16(14-15)21-18(23)10-3-8-17-9-5-13-27-17/h2,5-7,9,13-14H,3-4,8,10-12H2,1H3,(H,21,23)(H,24,25). The minimum Gasteiger partial charge on any atom is -0.481 e. The van der Waals surface area contributed by atoms with Crippen LogP contribution in [0.5, 0.6) is 0 Å². The van der Waals surface area contributed by atoms with Crippen molar-refractivity contribution in [2.24, 2.45) is 0 Å². The lowest BCUT2D eigenvalue weighted by molar-refractivity contribution is -0.137. The zero-order valence-electron chi connectivity index (χ0n) is 15.3. The maximum Gasteiger partial charge on any atom is 0.303 e. The van der Waals surface area contributed by atoms with Gasteiger partial charge in [-0.3, -0.25) is 14.4 Å². The molecule has 0 aliphatic rings. The number of hydrogen-bond donors (Lipinski definition) is 2. The lowest BCUT2D eigenvalue weighted by Gasteiger charge is -2.17. The number of benzene rings is 1. The number of amides is 2. The van der Waals surface area contributed by atoms with Crippen LogP contribution in [0.4, 0.5) is 5.69 Å². The van der Waals surface area contributed by atoms with E-state index in [1.54, 1.807) is 42.6 Å². The number of carboxylic acid groups (broad SMARTS) is 1. The normalized spacial score (nSPS) is 10.4. The van der Waals surface area contributed by atoms with Crippen LogP contribution in [0.25, 0.3) is 0 Å². The molecule has 0 radical (unpaired) electrons. The summed E-state index contributed by atoms with van der Waals surface area (Å²) in [7, 11) is 1.64. The van der Waals surface area contributed by atoms with Gasteiger partial charge in [0.2, 0.25) is 5.91 Å². The van der Waals surface area contributed by atoms with Crippen molar-refractivity contribution in [1.82, 2.24) is 4.90 Å². The van der Waals surface area contributed by atoms with Gasteiger partial charge in [0.05, 0.1) is 0 Å². The summed E-state index contributed by atoms with van der Waals surface area (Å²) in [6.45, 7) is 0.366. The summed E-state index contributed by atoms with van der Waals surface area (Å²) in [5.41, 5.74) is 1.05. The monoisotopic (exact) mass is 388 g/mol. The summed E-state index contributed by atoms with van der Waals surface area (Å²) in [4.78, 5) is 37.9. The van der Waals surface area contributed by atoms with Gasteiger partial charge in [-0.15, -0.1) is 11.3 Å². The number of aryl methyl sites for hydroxylation is 1. The van der Waals surface area contributed by atoms with Gasteiger partial charge < -0.3 is 15.3 Å². The van der Waals surface area contributed by atoms with E-state index in [1.807, 2.05) is 11.4 Å². The number of carbonyl (C=O) groups excluding carboxylic acids is 2. The molecule has 0 saturated heterocycles. The Balaban J connectivity index is 1.83. The number of thiophene rings is 1. The van der Waals surface area contributed by atoms with E-state index in [0.29, 0.717) is 30.6 Å². The Hall–Kier alpha value is -2.67. The largest absolute Gasteiger partial charge is 0.481 e. The number of carboxylic acids is 1. The lowest BCUT2D eigenvalue weighted by Crippen LogP contribution is -2.28. The molecule has 2 aromatic rings. The predicted molar refractivity (Wildman–Crippen MR) is 106 cm³/mol. The van der Waals surface area contributed by atoms with Crippen LogP contribution < -0.4 is 5.32 Å². The number of rotatable bonds is 10. The van der Waals surface area contributed by atoms with Crippen molar-refractivity contribution < 1.29 is 19.5 Å². The highest BCUT2D eigenvalue weighted by Gasteiger charge is 2.13. The number of hydrogen-bond acceptors (Lipinski definition) is 4. The fourth-order valence-electron chi connectivity index (χ4n) is 2.62. The molecule has 0 atom stereocenters. The number of anilines is 1. The van der Waals surface area contributed by atoms with Gasteiger partial charge in [0.15, 0.2) is 0 Å². The highest BCUT2D eigenvalue weighted by Crippen LogP contribution is 2.15. The fourth-order valence-corrected chi connectivity index (χ4v) is 3.37. The Bertz CT molecular complexity index is 774. The summed E-state index contributed by atoms with van der Waals surface area (Å²) in [5.74, 6) is -1.15. The molecule has 2 rings (SSSR count). The summed E-state index contributed by atoms with van der Waals surface area (Å²) in [6.07, 6.45) is 2.50. The molecule has 0 aliphatic heterocycles. The maximum absolute atomic E-state index is 12.4. The average molecular weight is 388 g/mol. The van der Waals surface area contributed by atoms with Gasteiger partial charge in [-0.25, -0.2) is 0 Å². The van der Waals surface area contributed by atoms with E-state index >= 15 is 0 Å². The van der Waals surface area contributed by atoms with Crippen molar-refractivity contribution in [3.63, 3.8) is 0 Å². The van der Waals surface area contributed by atoms with Crippen molar-refractivity contribution in [3.8, 4) is 0 Å². The smallest absolute Gasteiger partial charge is 0.303 e. The second-order valence-corrected chi connectivity index (χ2v) is 7.32. The SMILES string of the molecule is CN(CCCC(=O)O)C(=O)c1cccc(NC(=O)CCCc2cccs2)c1. The molecule has 1 heterocycles. The van der Waals surface area contributed by atoms with Crippen molar-refractivity contribution >= 4 is 34.8 Å². The lowest BCUT2D eigenvalue weighted by atomic mass is 10.1. The molecule has 0 unspecified atom stereocenters. The minimum absolute atomic E-state index is 0.0270. The number of carbonyl (C=O) groups is 3. The van der Waals surface area contributed by atoms with Gasteiger partial charge in [0, 0.05) is 42.6 Å². The molecule has 2 amide bonds. The molecule has 6 nitrogen and oxygen atoms in total. The second kappa shape index (κ2) is 10.5. The van der Waals surface area contributed by atoms with Crippen LogP contribution in [0.1, 0.15) is 40.9 Å². The average Bonchev–Trinajstić information content (AvgIpc) is 3.14. The molecule has 1 aromatic heterocycles. The van der Waals surface area contributed by atoms with Gasteiger partial charge in [0.1, 0.15) is 0 Å². The van der Waals surface area contributed by atoms with Crippen molar-refractivity contribution in [2.75, 3.05) is 18.9 Å². The molecule has 144 valence electrons. The first-order chi connectivity index (χ1) is 13.0. The predicted octanol–water partition coefficient (Wildman–Crippen LogP) is 3.65. The summed E-state index contributed by atoms with van der Waals surface area (Å²) in [6, 6.07) is 10.9. The molecule has 0 saturated carbocycles. The van der Waals surface area contributed by atoms with E-state index in [9.17, 15) is 14.4 Å². The fraction of sp³-hybridized carbons (Fsp3) is 0.350. The third-order valence-corrected chi connectivity index (χ3v) is 4.97. The maximum atomic E-state index is 12.4. The summed E-state index contributed by atoms with van der Waals surface area (Å²) in [5, 5.41) is 13.5. The highest BCUT2D eigenvalue weighted by atomic mass is 32.1. The third-order valence-electron chi connectivity index (χ3n) is 4.03. The second-order valence-electron chi connectivity index (χ2n) is 6.29. The van der Waals surface area contributed by atoms with Gasteiger partial charge in [0.25, 0.3) is 5.91 Å². The van der Waals surface area contributed by atoms with Crippen LogP contribution in [0.2, 0.25) is 0 Å². The van der Waals surface area contributed by atoms with E-state index in [1.165, 1.54) is 9.78 Å². The third kappa shape index (κ3) is 7.22. The van der Waals surface area contributed by atoms with Crippen LogP contribution >= 0.6 is 11.3 Å². The Morgan fingerprint density at radius 3 is 2.63 bits per heavy atom. The molecule has 2 N–H and O–H groups in total. The summed E-state index contributed by atoms with van der Waals surface area (Å²) < 4.78 is 0. The molecule has 27 heavy (non-hydrogen) atoms. The van der Waals surface area contributed by atoms with Crippen LogP contribution in [0.3, 0.4) is 0 Å². The van der Waals surface area contributed by atoms with Gasteiger partial charge in [-0.05, 0) is 48.9 Å². The van der Waals surface area contributed by atoms with E-state index < -0.39 is 5.97 Å². The number of aliphatic carboxylic acids is 1. The quantitative estimate of drug-likeness (QED) is 0.650. The van der Waals surface area contributed by atoms with E-state index in [-0.39, 0.29) is 18.2 Å². The molecule has 0 spiro atoms. The van der Waals surface area contributed by atoms with E-state index in [2.05, 4.69) is 11.4 Å². The molecular weight excluding hydrogens is 364 g/mol. The van der Waals surface area contributed by atoms with Gasteiger partial charge >= 0.3 is 5.97 Å². The minimum atomic E-state index is -0.875. The Labute approximate surface area is 162 Å². The number of nitrogens with zero attached hydrogens (tertiary/aromatic N) is 1. The molecule has 0 bridgehead atoms. The van der Waals surface area contributed by atoms with Crippen molar-refractivity contribution in [2.45, 2.75) is 32.1 Å². The van der Waals surface area contributed by atoms with Crippen molar-refractivity contribution in [3.05, 3.63) is 52.2 Å². The van der Waals surface area contributed by atoms with Gasteiger partial charge in [-0.2, -0.15) is 0 Å². The Morgan fingerprint density at radius 2 is 1.93 bits per heavy atom. The van der Waals surface area contributed by atoms with Crippen LogP contribution in [-0.4, -0.2) is 41.4 Å². The van der Waals surface area contributed by atoms with Crippen LogP contribution in [-0.2, 0) is 16.0 Å². The molecule has 1 aromatic carbocycles. The van der Waals surface area contributed by atoms with E-state index in [0.717, 1.165) is 12.8 Å². The summed E-state index contributed by atoms with van der Waals surface area (Å²) >= 11 is 1.69. The molecular formula is C20H24N2O4S. The number of nitrogens with one attached hydrogen (secondary N) is 1. The molecule has 7 heteroatoms. The zero-order chi connectivity index (χ0) is 19.6. The first-order valence-electron chi connectivity index (χ1n) is 8.85. The Kier molecular flexibility index (Phi) is 8.00.